The van der Waals surface area contributed by atoms with Crippen LogP contribution in [0.25, 0.3) is 0 Å². The van der Waals surface area contributed by atoms with E-state index in [1.807, 2.05) is 39.2 Å². The molecule has 0 bridgehead atoms. The molecule has 3 rings (SSSR count). The highest BCUT2D eigenvalue weighted by Gasteiger charge is 2.19. The molecule has 8 nitrogen and oxygen atoms in total. The minimum absolute atomic E-state index is 0.103. The molecular formula is C18H23N7OS. The number of nitrogen functional groups attached to an aromatic ring is 1. The van der Waals surface area contributed by atoms with Crippen LogP contribution in [0.4, 0.5) is 11.9 Å². The van der Waals surface area contributed by atoms with E-state index in [4.69, 9.17) is 10.2 Å². The highest BCUT2D eigenvalue weighted by Crippen LogP contribution is 2.33. The molecule has 3 aromatic rings. The summed E-state index contributed by atoms with van der Waals surface area (Å²) in [5.41, 5.74) is 7.04. The third-order valence-electron chi connectivity index (χ3n) is 4.00. The molecule has 0 fully saturated rings. The Morgan fingerprint density at radius 2 is 1.81 bits per heavy atom. The average molecular weight is 385 g/mol. The van der Waals surface area contributed by atoms with Crippen LogP contribution in [0.2, 0.25) is 0 Å². The minimum atomic E-state index is -0.103. The third kappa shape index (κ3) is 4.94. The van der Waals surface area contributed by atoms with Crippen LogP contribution in [-0.4, -0.2) is 39.2 Å². The molecule has 0 spiro atoms. The number of rotatable bonds is 7. The fourth-order valence-electron chi connectivity index (χ4n) is 2.51. The van der Waals surface area contributed by atoms with Gasteiger partial charge in [-0.25, -0.2) is 0 Å². The SMILES string of the molecule is CC(Cc1nnc(SC(C)c2nc(N)nc(N(C)C)n2)o1)c1ccccc1. The van der Waals surface area contributed by atoms with Crippen molar-refractivity contribution in [3.63, 3.8) is 0 Å². The van der Waals surface area contributed by atoms with Gasteiger partial charge in [-0.2, -0.15) is 15.0 Å². The van der Waals surface area contributed by atoms with Crippen molar-refractivity contribution < 1.29 is 4.42 Å². The van der Waals surface area contributed by atoms with Crippen molar-refractivity contribution in [2.75, 3.05) is 24.7 Å². The summed E-state index contributed by atoms with van der Waals surface area (Å²) in [5.74, 6) is 2.21. The number of hydrogen-bond acceptors (Lipinski definition) is 9. The van der Waals surface area contributed by atoms with Gasteiger partial charge in [0, 0.05) is 20.5 Å². The van der Waals surface area contributed by atoms with Gasteiger partial charge in [0.05, 0.1) is 5.25 Å². The van der Waals surface area contributed by atoms with Crippen molar-refractivity contribution in [1.29, 1.82) is 0 Å². The lowest BCUT2D eigenvalue weighted by molar-refractivity contribution is 0.404. The van der Waals surface area contributed by atoms with E-state index in [9.17, 15) is 0 Å². The first-order chi connectivity index (χ1) is 12.9. The Balaban J connectivity index is 1.67. The zero-order valence-electron chi connectivity index (χ0n) is 15.8. The molecule has 0 saturated carbocycles. The van der Waals surface area contributed by atoms with E-state index in [1.54, 1.807) is 4.90 Å². The molecule has 0 radical (unpaired) electrons. The van der Waals surface area contributed by atoms with Gasteiger partial charge in [0.1, 0.15) is 5.82 Å². The van der Waals surface area contributed by atoms with Crippen LogP contribution in [-0.2, 0) is 6.42 Å². The number of nitrogens with two attached hydrogens (primary N) is 1. The first-order valence-corrected chi connectivity index (χ1v) is 9.53. The summed E-state index contributed by atoms with van der Waals surface area (Å²) in [6.45, 7) is 4.11. The quantitative estimate of drug-likeness (QED) is 0.614. The normalized spacial score (nSPS) is 13.3. The monoisotopic (exact) mass is 385 g/mol. The predicted octanol–water partition coefficient (Wildman–Crippen LogP) is 3.10. The van der Waals surface area contributed by atoms with Crippen LogP contribution >= 0.6 is 11.8 Å². The van der Waals surface area contributed by atoms with Gasteiger partial charge in [-0.1, -0.05) is 49.0 Å². The second kappa shape index (κ2) is 8.34. The molecule has 0 saturated heterocycles. The fraction of sp³-hybridized carbons (Fsp3) is 0.389. The number of benzene rings is 1. The lowest BCUT2D eigenvalue weighted by Crippen LogP contribution is -2.16. The summed E-state index contributed by atoms with van der Waals surface area (Å²) in [4.78, 5) is 14.6. The van der Waals surface area contributed by atoms with E-state index in [1.165, 1.54) is 17.3 Å². The van der Waals surface area contributed by atoms with Gasteiger partial charge in [-0.15, -0.1) is 10.2 Å². The zero-order chi connectivity index (χ0) is 19.4. The van der Waals surface area contributed by atoms with Crippen molar-refractivity contribution in [3.05, 3.63) is 47.6 Å². The van der Waals surface area contributed by atoms with Gasteiger partial charge >= 0.3 is 0 Å². The molecule has 27 heavy (non-hydrogen) atoms. The summed E-state index contributed by atoms with van der Waals surface area (Å²) in [5, 5.41) is 8.70. The summed E-state index contributed by atoms with van der Waals surface area (Å²) in [6.07, 6.45) is 0.690. The van der Waals surface area contributed by atoms with Gasteiger partial charge in [0.15, 0.2) is 0 Å². The van der Waals surface area contributed by atoms with Gasteiger partial charge < -0.3 is 15.1 Å². The van der Waals surface area contributed by atoms with Crippen molar-refractivity contribution in [2.24, 2.45) is 0 Å². The summed E-state index contributed by atoms with van der Waals surface area (Å²) in [7, 11) is 3.71. The number of nitrogens with zero attached hydrogens (tertiary/aromatic N) is 6. The van der Waals surface area contributed by atoms with Crippen LogP contribution in [0, 0.1) is 0 Å². The van der Waals surface area contributed by atoms with Crippen molar-refractivity contribution in [2.45, 2.75) is 36.7 Å². The lowest BCUT2D eigenvalue weighted by Gasteiger charge is -2.13. The first kappa shape index (κ1) is 19.1. The predicted molar refractivity (Wildman–Crippen MR) is 106 cm³/mol. The van der Waals surface area contributed by atoms with Crippen LogP contribution in [0.15, 0.2) is 40.0 Å². The van der Waals surface area contributed by atoms with Gasteiger partial charge in [-0.05, 0) is 18.4 Å². The van der Waals surface area contributed by atoms with E-state index < -0.39 is 0 Å². The molecule has 1 aromatic carbocycles. The van der Waals surface area contributed by atoms with Crippen LogP contribution in [0.5, 0.6) is 0 Å². The minimum Gasteiger partial charge on any atom is -0.416 e. The van der Waals surface area contributed by atoms with Crippen LogP contribution in [0.3, 0.4) is 0 Å². The van der Waals surface area contributed by atoms with Crippen molar-refractivity contribution in [3.8, 4) is 0 Å². The van der Waals surface area contributed by atoms with E-state index in [0.717, 1.165) is 0 Å². The zero-order valence-corrected chi connectivity index (χ0v) is 16.6. The van der Waals surface area contributed by atoms with E-state index in [-0.39, 0.29) is 11.2 Å². The Morgan fingerprint density at radius 1 is 1.07 bits per heavy atom. The second-order valence-corrected chi connectivity index (χ2v) is 7.78. The van der Waals surface area contributed by atoms with Gasteiger partial charge in [0.2, 0.25) is 17.8 Å². The number of thioether (sulfide) groups is 1. The smallest absolute Gasteiger partial charge is 0.277 e. The van der Waals surface area contributed by atoms with E-state index >= 15 is 0 Å². The Morgan fingerprint density at radius 3 is 2.52 bits per heavy atom. The molecule has 142 valence electrons. The van der Waals surface area contributed by atoms with E-state index in [2.05, 4.69) is 44.2 Å². The fourth-order valence-corrected chi connectivity index (χ4v) is 3.26. The largest absolute Gasteiger partial charge is 0.416 e. The van der Waals surface area contributed by atoms with Gasteiger partial charge in [0.25, 0.3) is 5.22 Å². The molecule has 0 amide bonds. The molecule has 2 heterocycles. The molecule has 9 heteroatoms. The average Bonchev–Trinajstić information content (AvgIpc) is 3.08. The molecule has 0 aliphatic rings. The molecule has 0 aliphatic carbocycles. The first-order valence-electron chi connectivity index (χ1n) is 8.65. The van der Waals surface area contributed by atoms with Crippen LogP contribution in [0.1, 0.15) is 42.3 Å². The molecule has 2 aromatic heterocycles. The molecule has 0 aliphatic heterocycles. The number of hydrogen-bond donors (Lipinski definition) is 1. The maximum Gasteiger partial charge on any atom is 0.277 e. The maximum absolute atomic E-state index is 5.80. The Bertz CT molecular complexity index is 884. The lowest BCUT2D eigenvalue weighted by atomic mass is 9.98. The highest BCUT2D eigenvalue weighted by molar-refractivity contribution is 7.99. The standard InChI is InChI=1S/C18H23N7OS/c1-11(13-8-6-5-7-9-13)10-14-23-24-18(26-14)27-12(2)15-20-16(19)22-17(21-15)25(3)4/h5-9,11-12H,10H2,1-4H3,(H2,19,20,21,22). The van der Waals surface area contributed by atoms with Crippen molar-refractivity contribution >= 4 is 23.7 Å². The topological polar surface area (TPSA) is 107 Å². The van der Waals surface area contributed by atoms with Crippen molar-refractivity contribution in [1.82, 2.24) is 25.1 Å². The maximum atomic E-state index is 5.80. The summed E-state index contributed by atoms with van der Waals surface area (Å²) < 4.78 is 5.80. The number of anilines is 2. The molecule has 2 unspecified atom stereocenters. The molecular weight excluding hydrogens is 362 g/mol. The molecule has 2 atom stereocenters. The van der Waals surface area contributed by atoms with E-state index in [0.29, 0.717) is 35.2 Å². The van der Waals surface area contributed by atoms with Crippen LogP contribution < -0.4 is 10.6 Å². The summed E-state index contributed by atoms with van der Waals surface area (Å²) >= 11 is 1.40. The number of aromatic nitrogens is 5. The Hall–Kier alpha value is -2.68. The third-order valence-corrected chi connectivity index (χ3v) is 4.93. The Kier molecular flexibility index (Phi) is 5.90. The highest BCUT2D eigenvalue weighted by atomic mass is 32.2. The van der Waals surface area contributed by atoms with Gasteiger partial charge in [-0.3, -0.25) is 0 Å². The molecule has 2 N–H and O–H groups in total. The second-order valence-electron chi connectivity index (χ2n) is 6.48. The summed E-state index contributed by atoms with van der Waals surface area (Å²) in [6, 6.07) is 10.3. The Labute approximate surface area is 162 Å².